The fourth-order valence-corrected chi connectivity index (χ4v) is 1.03. The van der Waals surface area contributed by atoms with Crippen LogP contribution >= 0.6 is 0 Å². The Morgan fingerprint density at radius 1 is 1.46 bits per heavy atom. The average molecular weight is 171 g/mol. The lowest BCUT2D eigenvalue weighted by atomic mass is 10.2. The highest BCUT2D eigenvalue weighted by Crippen LogP contribution is 2.00. The smallest absolute Gasteiger partial charge is 0.0997 e. The van der Waals surface area contributed by atoms with Crippen LogP contribution in [-0.4, -0.2) is 12.8 Å². The number of nitrogens with zero attached hydrogens (tertiary/aromatic N) is 1. The predicted molar refractivity (Wildman–Crippen MR) is 57.1 cm³/mol. The molecule has 13 heavy (non-hydrogen) atoms. The van der Waals surface area contributed by atoms with E-state index in [0.717, 1.165) is 5.56 Å². The van der Waals surface area contributed by atoms with Gasteiger partial charge in [0.25, 0.3) is 0 Å². The van der Waals surface area contributed by atoms with E-state index in [4.69, 9.17) is 0 Å². The minimum atomic E-state index is 0.588. The van der Waals surface area contributed by atoms with Crippen LogP contribution in [0.4, 0.5) is 0 Å². The van der Waals surface area contributed by atoms with Crippen molar-refractivity contribution < 1.29 is 0 Å². The zero-order chi connectivity index (χ0) is 9.52. The Hall–Kier alpha value is -1.55. The largest absolute Gasteiger partial charge is 0.280 e. The van der Waals surface area contributed by atoms with Gasteiger partial charge in [-0.1, -0.05) is 35.7 Å². The molecule has 0 radical (unpaired) electrons. The van der Waals surface area contributed by atoms with Gasteiger partial charge < -0.3 is 0 Å². The fourth-order valence-electron chi connectivity index (χ4n) is 1.03. The Morgan fingerprint density at radius 2 is 2.31 bits per heavy atom. The maximum atomic E-state index is 4.17. The Kier molecular flexibility index (Phi) is 3.78. The molecule has 0 aliphatic rings. The van der Waals surface area contributed by atoms with E-state index in [0.29, 0.717) is 6.54 Å². The van der Waals surface area contributed by atoms with Crippen LogP contribution in [0.5, 0.6) is 0 Å². The highest BCUT2D eigenvalue weighted by molar-refractivity contribution is 5.79. The lowest BCUT2D eigenvalue weighted by molar-refractivity contribution is 1.30. The molecule has 0 atom stereocenters. The number of hydrogen-bond acceptors (Lipinski definition) is 1. The summed E-state index contributed by atoms with van der Waals surface area (Å²) in [5.74, 6) is 5.69. The lowest BCUT2D eigenvalue weighted by Gasteiger charge is -1.93. The number of aryl methyl sites for hydroxylation is 1. The Bertz CT molecular complexity index is 353. The van der Waals surface area contributed by atoms with Crippen molar-refractivity contribution in [3.8, 4) is 11.8 Å². The van der Waals surface area contributed by atoms with Gasteiger partial charge in [-0.15, -0.1) is 5.92 Å². The first-order valence-corrected chi connectivity index (χ1v) is 4.29. The average Bonchev–Trinajstić information content (AvgIpc) is 2.13. The monoisotopic (exact) mass is 171 g/mol. The summed E-state index contributed by atoms with van der Waals surface area (Å²) in [5, 5.41) is 0. The molecule has 1 heteroatoms. The second-order valence-electron chi connectivity index (χ2n) is 2.81. The molecule has 0 bridgehead atoms. The number of aliphatic imine (C=N–C) groups is 1. The van der Waals surface area contributed by atoms with Crippen LogP contribution in [0.25, 0.3) is 0 Å². The molecule has 0 aliphatic carbocycles. The van der Waals surface area contributed by atoms with Crippen LogP contribution in [0.1, 0.15) is 18.1 Å². The summed E-state index contributed by atoms with van der Waals surface area (Å²) in [7, 11) is 0. The molecule has 0 N–H and O–H groups in total. The second-order valence-corrected chi connectivity index (χ2v) is 2.81. The predicted octanol–water partition coefficient (Wildman–Crippen LogP) is 2.44. The van der Waals surface area contributed by atoms with Crippen molar-refractivity contribution in [3.05, 3.63) is 35.4 Å². The van der Waals surface area contributed by atoms with Crippen molar-refractivity contribution >= 4 is 6.21 Å². The van der Waals surface area contributed by atoms with Gasteiger partial charge in [-0.05, 0) is 19.4 Å². The molecule has 0 saturated heterocycles. The number of rotatable bonds is 2. The van der Waals surface area contributed by atoms with E-state index >= 15 is 0 Å². The third-order valence-corrected chi connectivity index (χ3v) is 1.63. The molecular weight excluding hydrogens is 158 g/mol. The highest BCUT2D eigenvalue weighted by Gasteiger charge is 1.86. The second kappa shape index (κ2) is 5.16. The van der Waals surface area contributed by atoms with Gasteiger partial charge in [0.15, 0.2) is 0 Å². The normalized spacial score (nSPS) is 9.69. The SMILES string of the molecule is CC#CCN=Cc1cccc(C)c1. The molecule has 0 unspecified atom stereocenters. The quantitative estimate of drug-likeness (QED) is 0.478. The molecule has 0 spiro atoms. The molecule has 1 aromatic carbocycles. The summed E-state index contributed by atoms with van der Waals surface area (Å²) in [4.78, 5) is 4.17. The van der Waals surface area contributed by atoms with Crippen LogP contribution < -0.4 is 0 Å². The van der Waals surface area contributed by atoms with E-state index in [2.05, 4.69) is 35.9 Å². The van der Waals surface area contributed by atoms with Gasteiger partial charge in [0.2, 0.25) is 0 Å². The zero-order valence-electron chi connectivity index (χ0n) is 8.04. The molecule has 1 aromatic rings. The molecule has 0 aliphatic heterocycles. The van der Waals surface area contributed by atoms with Crippen molar-refractivity contribution in [1.29, 1.82) is 0 Å². The Labute approximate surface area is 79.5 Å². The van der Waals surface area contributed by atoms with Crippen LogP contribution in [-0.2, 0) is 0 Å². The summed E-state index contributed by atoms with van der Waals surface area (Å²) in [6.45, 7) is 4.48. The minimum absolute atomic E-state index is 0.588. The zero-order valence-corrected chi connectivity index (χ0v) is 8.04. The van der Waals surface area contributed by atoms with E-state index in [1.54, 1.807) is 0 Å². The topological polar surface area (TPSA) is 12.4 Å². The summed E-state index contributed by atoms with van der Waals surface area (Å²) >= 11 is 0. The van der Waals surface area contributed by atoms with Crippen LogP contribution in [0.2, 0.25) is 0 Å². The molecule has 0 saturated carbocycles. The maximum absolute atomic E-state index is 4.17. The van der Waals surface area contributed by atoms with E-state index in [1.807, 2.05) is 25.3 Å². The lowest BCUT2D eigenvalue weighted by Crippen LogP contribution is -1.83. The molecule has 0 aromatic heterocycles. The van der Waals surface area contributed by atoms with Crippen LogP contribution in [0.15, 0.2) is 29.3 Å². The van der Waals surface area contributed by atoms with E-state index in [9.17, 15) is 0 Å². The Balaban J connectivity index is 2.61. The summed E-state index contributed by atoms with van der Waals surface area (Å²) in [5.41, 5.74) is 2.39. The van der Waals surface area contributed by atoms with E-state index in [-0.39, 0.29) is 0 Å². The van der Waals surface area contributed by atoms with Gasteiger partial charge in [-0.3, -0.25) is 4.99 Å². The highest BCUT2D eigenvalue weighted by atomic mass is 14.7. The molecule has 1 nitrogen and oxygen atoms in total. The van der Waals surface area contributed by atoms with Crippen molar-refractivity contribution in [2.75, 3.05) is 6.54 Å². The van der Waals surface area contributed by atoms with Gasteiger partial charge in [-0.25, -0.2) is 0 Å². The van der Waals surface area contributed by atoms with Gasteiger partial charge in [0, 0.05) is 6.21 Å². The molecular formula is C12H13N. The summed E-state index contributed by atoms with van der Waals surface area (Å²) < 4.78 is 0. The maximum Gasteiger partial charge on any atom is 0.0997 e. The van der Waals surface area contributed by atoms with Gasteiger partial charge >= 0.3 is 0 Å². The number of hydrogen-bond donors (Lipinski definition) is 0. The summed E-state index contributed by atoms with van der Waals surface area (Å²) in [6.07, 6.45) is 1.86. The van der Waals surface area contributed by atoms with Gasteiger partial charge in [-0.2, -0.15) is 0 Å². The fraction of sp³-hybridized carbons (Fsp3) is 0.250. The third kappa shape index (κ3) is 3.57. The van der Waals surface area contributed by atoms with E-state index in [1.165, 1.54) is 5.56 Å². The number of benzene rings is 1. The van der Waals surface area contributed by atoms with Crippen molar-refractivity contribution in [2.24, 2.45) is 4.99 Å². The molecule has 0 fully saturated rings. The first kappa shape index (κ1) is 9.54. The Morgan fingerprint density at radius 3 is 3.00 bits per heavy atom. The van der Waals surface area contributed by atoms with Gasteiger partial charge in [0.1, 0.15) is 0 Å². The minimum Gasteiger partial charge on any atom is -0.280 e. The molecule has 1 rings (SSSR count). The van der Waals surface area contributed by atoms with Crippen molar-refractivity contribution in [2.45, 2.75) is 13.8 Å². The summed E-state index contributed by atoms with van der Waals surface area (Å²) in [6, 6.07) is 8.24. The van der Waals surface area contributed by atoms with E-state index < -0.39 is 0 Å². The molecule has 66 valence electrons. The van der Waals surface area contributed by atoms with Crippen molar-refractivity contribution in [1.82, 2.24) is 0 Å². The standard InChI is InChI=1S/C12H13N/c1-3-4-8-13-10-12-7-5-6-11(2)9-12/h5-7,9-10H,8H2,1-2H3. The first-order valence-electron chi connectivity index (χ1n) is 4.29. The molecule has 0 amide bonds. The van der Waals surface area contributed by atoms with Crippen molar-refractivity contribution in [3.63, 3.8) is 0 Å². The third-order valence-electron chi connectivity index (χ3n) is 1.63. The van der Waals surface area contributed by atoms with Gasteiger partial charge in [0.05, 0.1) is 6.54 Å². The van der Waals surface area contributed by atoms with Crippen LogP contribution in [0, 0.1) is 18.8 Å². The van der Waals surface area contributed by atoms with Crippen LogP contribution in [0.3, 0.4) is 0 Å². The molecule has 0 heterocycles. The first-order chi connectivity index (χ1) is 6.33.